The van der Waals surface area contributed by atoms with Crippen molar-refractivity contribution in [2.45, 2.75) is 32.8 Å². The molecule has 21 heavy (non-hydrogen) atoms. The molecule has 6 nitrogen and oxygen atoms in total. The van der Waals surface area contributed by atoms with Crippen molar-refractivity contribution in [2.24, 2.45) is 5.84 Å². The molecule has 0 amide bonds. The summed E-state index contributed by atoms with van der Waals surface area (Å²) in [5.41, 5.74) is 3.42. The van der Waals surface area contributed by atoms with Gasteiger partial charge >= 0.3 is 0 Å². The average Bonchev–Trinajstić information content (AvgIpc) is 2.73. The van der Waals surface area contributed by atoms with Crippen molar-refractivity contribution < 1.29 is 9.47 Å². The molecule has 0 aliphatic carbocycles. The molecule has 0 saturated heterocycles. The molecule has 2 aromatic rings. The summed E-state index contributed by atoms with van der Waals surface area (Å²) in [6.07, 6.45) is 0.859. The van der Waals surface area contributed by atoms with Crippen molar-refractivity contribution in [3.63, 3.8) is 0 Å². The molecule has 1 aromatic carbocycles. The maximum Gasteiger partial charge on any atom is 0.224 e. The second-order valence-electron chi connectivity index (χ2n) is 5.67. The Morgan fingerprint density at radius 2 is 2.14 bits per heavy atom. The number of benzene rings is 1. The number of nitrogens with two attached hydrogens (primary N) is 1. The van der Waals surface area contributed by atoms with Crippen molar-refractivity contribution >= 4 is 5.82 Å². The Bertz CT molecular complexity index is 685. The number of para-hydroxylation sites is 1. The van der Waals surface area contributed by atoms with Gasteiger partial charge in [0.1, 0.15) is 17.2 Å². The zero-order valence-electron chi connectivity index (χ0n) is 12.3. The first-order valence-corrected chi connectivity index (χ1v) is 6.78. The Labute approximate surface area is 123 Å². The highest BCUT2D eigenvalue weighted by Crippen LogP contribution is 2.43. The molecule has 0 atom stereocenters. The van der Waals surface area contributed by atoms with E-state index in [1.165, 1.54) is 0 Å². The molecule has 0 spiro atoms. The van der Waals surface area contributed by atoms with Gasteiger partial charge < -0.3 is 14.9 Å². The van der Waals surface area contributed by atoms with E-state index in [0.29, 0.717) is 23.3 Å². The Kier molecular flexibility index (Phi) is 3.17. The van der Waals surface area contributed by atoms with Gasteiger partial charge in [-0.15, -0.1) is 0 Å². The van der Waals surface area contributed by atoms with Gasteiger partial charge in [-0.05, 0) is 26.8 Å². The maximum atomic E-state index is 5.98. The molecule has 0 unspecified atom stereocenters. The number of nitrogens with zero attached hydrogens (tertiary/aromatic N) is 2. The molecular formula is C15H18N4O2. The highest BCUT2D eigenvalue weighted by molar-refractivity contribution is 5.51. The first-order valence-electron chi connectivity index (χ1n) is 6.78. The van der Waals surface area contributed by atoms with E-state index in [1.54, 1.807) is 13.0 Å². The smallest absolute Gasteiger partial charge is 0.224 e. The van der Waals surface area contributed by atoms with E-state index in [2.05, 4.69) is 35.3 Å². The van der Waals surface area contributed by atoms with Crippen LogP contribution in [-0.4, -0.2) is 15.6 Å². The summed E-state index contributed by atoms with van der Waals surface area (Å²) >= 11 is 0. The van der Waals surface area contributed by atoms with Crippen LogP contribution in [0.15, 0.2) is 24.3 Å². The fourth-order valence-corrected chi connectivity index (χ4v) is 2.45. The minimum atomic E-state index is -0.215. The predicted octanol–water partition coefficient (Wildman–Crippen LogP) is 2.58. The number of rotatable bonds is 3. The zero-order valence-corrected chi connectivity index (χ0v) is 12.3. The largest absolute Gasteiger partial charge is 0.483 e. The second-order valence-corrected chi connectivity index (χ2v) is 5.67. The molecule has 0 radical (unpaired) electrons. The van der Waals surface area contributed by atoms with Crippen molar-refractivity contribution in [3.05, 3.63) is 35.7 Å². The summed E-state index contributed by atoms with van der Waals surface area (Å²) in [6, 6.07) is 7.52. The van der Waals surface area contributed by atoms with Crippen LogP contribution in [0.3, 0.4) is 0 Å². The van der Waals surface area contributed by atoms with Crippen LogP contribution in [0.2, 0.25) is 0 Å². The fourth-order valence-electron chi connectivity index (χ4n) is 2.45. The molecule has 3 rings (SSSR count). The lowest BCUT2D eigenvalue weighted by Crippen LogP contribution is -2.24. The van der Waals surface area contributed by atoms with E-state index >= 15 is 0 Å². The molecule has 110 valence electrons. The third-order valence-corrected chi connectivity index (χ3v) is 3.23. The SMILES string of the molecule is Cc1nc(NN)cc(Oc2cccc3c2OC(C)(C)C3)n1. The van der Waals surface area contributed by atoms with Gasteiger partial charge in [0.05, 0.1) is 0 Å². The number of anilines is 1. The minimum absolute atomic E-state index is 0.215. The molecule has 0 fully saturated rings. The molecular weight excluding hydrogens is 268 g/mol. The van der Waals surface area contributed by atoms with E-state index in [0.717, 1.165) is 17.7 Å². The van der Waals surface area contributed by atoms with Crippen molar-refractivity contribution in [1.82, 2.24) is 9.97 Å². The van der Waals surface area contributed by atoms with E-state index in [4.69, 9.17) is 15.3 Å². The molecule has 0 saturated carbocycles. The van der Waals surface area contributed by atoms with Crippen LogP contribution >= 0.6 is 0 Å². The van der Waals surface area contributed by atoms with Crippen molar-refractivity contribution in [1.29, 1.82) is 0 Å². The third kappa shape index (κ3) is 2.75. The fraction of sp³-hybridized carbons (Fsp3) is 0.333. The topological polar surface area (TPSA) is 82.3 Å². The van der Waals surface area contributed by atoms with E-state index in [-0.39, 0.29) is 5.60 Å². The van der Waals surface area contributed by atoms with Gasteiger partial charge in [0.2, 0.25) is 5.88 Å². The van der Waals surface area contributed by atoms with Crippen LogP contribution in [0.4, 0.5) is 5.82 Å². The van der Waals surface area contributed by atoms with Gasteiger partial charge in [-0.2, -0.15) is 4.98 Å². The molecule has 1 aliphatic rings. The number of aryl methyl sites for hydroxylation is 1. The summed E-state index contributed by atoms with van der Waals surface area (Å²) in [4.78, 5) is 8.39. The van der Waals surface area contributed by atoms with Crippen LogP contribution in [0.5, 0.6) is 17.4 Å². The van der Waals surface area contributed by atoms with Crippen LogP contribution in [0.1, 0.15) is 25.2 Å². The van der Waals surface area contributed by atoms with Gasteiger partial charge in [-0.3, -0.25) is 0 Å². The zero-order chi connectivity index (χ0) is 15.0. The Morgan fingerprint density at radius 1 is 1.33 bits per heavy atom. The summed E-state index contributed by atoms with van der Waals surface area (Å²) in [6.45, 7) is 5.90. The molecule has 6 heteroatoms. The first kappa shape index (κ1) is 13.6. The summed E-state index contributed by atoms with van der Waals surface area (Å²) in [5, 5.41) is 0. The van der Waals surface area contributed by atoms with Crippen molar-refractivity contribution in [2.75, 3.05) is 5.43 Å². The van der Waals surface area contributed by atoms with Crippen molar-refractivity contribution in [3.8, 4) is 17.4 Å². The lowest BCUT2D eigenvalue weighted by atomic mass is 10.0. The van der Waals surface area contributed by atoms with Gasteiger partial charge in [-0.25, -0.2) is 10.8 Å². The second kappa shape index (κ2) is 4.89. The van der Waals surface area contributed by atoms with Crippen LogP contribution < -0.4 is 20.7 Å². The number of hydrogen-bond donors (Lipinski definition) is 2. The van der Waals surface area contributed by atoms with Crippen LogP contribution in [-0.2, 0) is 6.42 Å². The van der Waals surface area contributed by atoms with Gasteiger partial charge in [0.15, 0.2) is 11.5 Å². The monoisotopic (exact) mass is 286 g/mol. The first-order chi connectivity index (χ1) is 9.97. The number of ether oxygens (including phenoxy) is 2. The predicted molar refractivity (Wildman–Crippen MR) is 79.5 cm³/mol. The molecule has 1 aromatic heterocycles. The summed E-state index contributed by atoms with van der Waals surface area (Å²) < 4.78 is 11.8. The summed E-state index contributed by atoms with van der Waals surface area (Å²) in [7, 11) is 0. The van der Waals surface area contributed by atoms with E-state index in [1.807, 2.05) is 12.1 Å². The van der Waals surface area contributed by atoms with Crippen LogP contribution in [0, 0.1) is 6.92 Å². The highest BCUT2D eigenvalue weighted by Gasteiger charge is 2.32. The Balaban J connectivity index is 1.94. The number of hydrogen-bond acceptors (Lipinski definition) is 6. The van der Waals surface area contributed by atoms with Crippen LogP contribution in [0.25, 0.3) is 0 Å². The average molecular weight is 286 g/mol. The number of nitrogen functional groups attached to an aromatic ring is 1. The number of nitrogens with one attached hydrogen (secondary N) is 1. The van der Waals surface area contributed by atoms with Gasteiger partial charge in [-0.1, -0.05) is 12.1 Å². The third-order valence-electron chi connectivity index (χ3n) is 3.23. The molecule has 3 N–H and O–H groups in total. The maximum absolute atomic E-state index is 5.98. The molecule has 1 aliphatic heterocycles. The normalized spacial score (nSPS) is 15.2. The standard InChI is InChI=1S/C15H18N4O2/c1-9-17-12(19-16)7-13(18-9)20-11-6-4-5-10-8-15(2,3)21-14(10)11/h4-7H,8,16H2,1-3H3,(H,17,18,19). The number of fused-ring (bicyclic) bond motifs is 1. The quantitative estimate of drug-likeness (QED) is 0.666. The summed E-state index contributed by atoms with van der Waals surface area (Å²) in [5.74, 6) is 8.33. The Morgan fingerprint density at radius 3 is 2.90 bits per heavy atom. The lowest BCUT2D eigenvalue weighted by Gasteiger charge is -2.18. The Hall–Kier alpha value is -2.34. The minimum Gasteiger partial charge on any atom is -0.483 e. The van der Waals surface area contributed by atoms with Gasteiger partial charge in [0, 0.05) is 18.1 Å². The number of hydrazine groups is 1. The highest BCUT2D eigenvalue weighted by atomic mass is 16.5. The van der Waals surface area contributed by atoms with E-state index < -0.39 is 0 Å². The van der Waals surface area contributed by atoms with Gasteiger partial charge in [0.25, 0.3) is 0 Å². The molecule has 0 bridgehead atoms. The molecule has 2 heterocycles. The van der Waals surface area contributed by atoms with E-state index in [9.17, 15) is 0 Å². The lowest BCUT2D eigenvalue weighted by molar-refractivity contribution is 0.135. The number of aromatic nitrogens is 2.